The molecule has 3 aromatic rings. The summed E-state index contributed by atoms with van der Waals surface area (Å²) in [7, 11) is -3.35. The topological polar surface area (TPSA) is 66.5 Å². The van der Waals surface area contributed by atoms with E-state index in [9.17, 15) is 13.2 Å². The minimum atomic E-state index is -3.35. The van der Waals surface area contributed by atoms with Crippen LogP contribution in [0.2, 0.25) is 5.02 Å². The number of rotatable bonds is 4. The van der Waals surface area contributed by atoms with Crippen molar-refractivity contribution in [2.45, 2.75) is 6.42 Å². The van der Waals surface area contributed by atoms with Gasteiger partial charge in [-0.15, -0.1) is 0 Å². The lowest BCUT2D eigenvalue weighted by molar-refractivity contribution is 0.102. The van der Waals surface area contributed by atoms with Crippen LogP contribution in [0.5, 0.6) is 0 Å². The number of benzene rings is 3. The molecular weight excluding hydrogens is 408 g/mol. The summed E-state index contributed by atoms with van der Waals surface area (Å²) in [5.41, 5.74) is 3.49. The van der Waals surface area contributed by atoms with Gasteiger partial charge in [0.2, 0.25) is 10.0 Å². The second-order valence-corrected chi connectivity index (χ2v) is 9.23. The van der Waals surface area contributed by atoms with Gasteiger partial charge in [-0.1, -0.05) is 54.1 Å². The standard InChI is InChI=1S/C22H19ClN2O3S/c23-20-12-11-19(15-21(20)25-13-4-14-29(25,27)28)24-22(26)18-9-7-17(8-10-18)16-5-2-1-3-6-16/h1-3,5-12,15H,4,13-14H2,(H,24,26). The largest absolute Gasteiger partial charge is 0.322 e. The Bertz CT molecular complexity index is 1150. The molecule has 5 nitrogen and oxygen atoms in total. The maximum Gasteiger partial charge on any atom is 0.255 e. The van der Waals surface area contributed by atoms with Crippen molar-refractivity contribution in [1.29, 1.82) is 0 Å². The second-order valence-electron chi connectivity index (χ2n) is 6.81. The Hall–Kier alpha value is -2.83. The van der Waals surface area contributed by atoms with Crippen molar-refractivity contribution in [3.8, 4) is 11.1 Å². The van der Waals surface area contributed by atoms with Crippen LogP contribution in [0, 0.1) is 0 Å². The van der Waals surface area contributed by atoms with Crippen molar-refractivity contribution in [1.82, 2.24) is 0 Å². The smallest absolute Gasteiger partial charge is 0.255 e. The van der Waals surface area contributed by atoms with Gasteiger partial charge in [0.05, 0.1) is 16.5 Å². The van der Waals surface area contributed by atoms with E-state index in [-0.39, 0.29) is 11.7 Å². The van der Waals surface area contributed by atoms with Crippen molar-refractivity contribution < 1.29 is 13.2 Å². The molecule has 0 unspecified atom stereocenters. The Kier molecular flexibility index (Phi) is 5.30. The van der Waals surface area contributed by atoms with E-state index in [4.69, 9.17) is 11.6 Å². The van der Waals surface area contributed by atoms with Crippen LogP contribution >= 0.6 is 11.6 Å². The van der Waals surface area contributed by atoms with Gasteiger partial charge in [0, 0.05) is 17.8 Å². The van der Waals surface area contributed by atoms with Crippen LogP contribution in [0.25, 0.3) is 11.1 Å². The SMILES string of the molecule is O=C(Nc1ccc(Cl)c(N2CCCS2(=O)=O)c1)c1ccc(-c2ccccc2)cc1. The molecule has 0 aliphatic carbocycles. The van der Waals surface area contributed by atoms with Gasteiger partial charge in [-0.25, -0.2) is 8.42 Å². The summed E-state index contributed by atoms with van der Waals surface area (Å²) in [4.78, 5) is 12.6. The van der Waals surface area contributed by atoms with Crippen LogP contribution in [-0.2, 0) is 10.0 Å². The van der Waals surface area contributed by atoms with Crippen molar-refractivity contribution in [2.24, 2.45) is 0 Å². The minimum absolute atomic E-state index is 0.105. The number of carbonyl (C=O) groups is 1. The van der Waals surface area contributed by atoms with Crippen LogP contribution in [-0.4, -0.2) is 26.6 Å². The predicted molar refractivity (Wildman–Crippen MR) is 117 cm³/mol. The van der Waals surface area contributed by atoms with Gasteiger partial charge >= 0.3 is 0 Å². The maximum absolute atomic E-state index is 12.6. The van der Waals surface area contributed by atoms with Gasteiger partial charge in [0.25, 0.3) is 5.91 Å². The quantitative estimate of drug-likeness (QED) is 0.651. The molecule has 1 aliphatic heterocycles. The zero-order valence-electron chi connectivity index (χ0n) is 15.5. The number of nitrogens with one attached hydrogen (secondary N) is 1. The predicted octanol–water partition coefficient (Wildman–Crippen LogP) is 4.80. The summed E-state index contributed by atoms with van der Waals surface area (Å²) in [5, 5.41) is 3.15. The maximum atomic E-state index is 12.6. The minimum Gasteiger partial charge on any atom is -0.322 e. The zero-order valence-corrected chi connectivity index (χ0v) is 17.1. The van der Waals surface area contributed by atoms with Crippen LogP contribution in [0.1, 0.15) is 16.8 Å². The lowest BCUT2D eigenvalue weighted by Gasteiger charge is -2.19. The summed E-state index contributed by atoms with van der Waals surface area (Å²) in [6.45, 7) is 0.389. The van der Waals surface area contributed by atoms with E-state index in [1.165, 1.54) is 4.31 Å². The molecule has 1 aliphatic rings. The molecule has 0 saturated carbocycles. The van der Waals surface area contributed by atoms with E-state index >= 15 is 0 Å². The van der Waals surface area contributed by atoms with Gasteiger partial charge in [-0.3, -0.25) is 9.10 Å². The first-order valence-corrected chi connectivity index (χ1v) is 11.2. The van der Waals surface area contributed by atoms with Crippen molar-refractivity contribution in [3.05, 3.63) is 83.4 Å². The first-order chi connectivity index (χ1) is 13.9. The Morgan fingerprint density at radius 2 is 1.62 bits per heavy atom. The molecule has 0 atom stereocenters. The van der Waals surface area contributed by atoms with Crippen molar-refractivity contribution in [2.75, 3.05) is 21.9 Å². The zero-order chi connectivity index (χ0) is 20.4. The van der Waals surface area contributed by atoms with Crippen LogP contribution in [0.15, 0.2) is 72.8 Å². The Morgan fingerprint density at radius 1 is 0.931 bits per heavy atom. The monoisotopic (exact) mass is 426 g/mol. The number of hydrogen-bond acceptors (Lipinski definition) is 3. The summed E-state index contributed by atoms with van der Waals surface area (Å²) >= 11 is 6.21. The van der Waals surface area contributed by atoms with E-state index in [0.29, 0.717) is 34.9 Å². The highest BCUT2D eigenvalue weighted by Gasteiger charge is 2.30. The number of hydrogen-bond donors (Lipinski definition) is 1. The van der Waals surface area contributed by atoms with Gasteiger partial charge in [-0.05, 0) is 47.9 Å². The number of amides is 1. The third-order valence-electron chi connectivity index (χ3n) is 4.83. The molecule has 1 saturated heterocycles. The van der Waals surface area contributed by atoms with Crippen LogP contribution in [0.3, 0.4) is 0 Å². The average Bonchev–Trinajstić information content (AvgIpc) is 3.09. The van der Waals surface area contributed by atoms with E-state index < -0.39 is 10.0 Å². The molecule has 0 spiro atoms. The number of sulfonamides is 1. The van der Waals surface area contributed by atoms with E-state index in [0.717, 1.165) is 11.1 Å². The van der Waals surface area contributed by atoms with E-state index in [2.05, 4.69) is 5.32 Å². The third kappa shape index (κ3) is 4.13. The molecule has 148 valence electrons. The second kappa shape index (κ2) is 7.89. The molecule has 0 radical (unpaired) electrons. The van der Waals surface area contributed by atoms with Crippen LogP contribution < -0.4 is 9.62 Å². The fourth-order valence-corrected chi connectivity index (χ4v) is 5.18. The van der Waals surface area contributed by atoms with Gasteiger partial charge in [-0.2, -0.15) is 0 Å². The molecule has 29 heavy (non-hydrogen) atoms. The lowest BCUT2D eigenvalue weighted by Crippen LogP contribution is -2.25. The average molecular weight is 427 g/mol. The fraction of sp³-hybridized carbons (Fsp3) is 0.136. The van der Waals surface area contributed by atoms with Gasteiger partial charge in [0.1, 0.15) is 0 Å². The number of halogens is 1. The molecule has 7 heteroatoms. The van der Waals surface area contributed by atoms with E-state index in [1.807, 2.05) is 42.5 Å². The summed E-state index contributed by atoms with van der Waals surface area (Å²) in [5.74, 6) is -0.171. The van der Waals surface area contributed by atoms with Crippen LogP contribution in [0.4, 0.5) is 11.4 Å². The molecule has 1 amide bonds. The number of anilines is 2. The first-order valence-electron chi connectivity index (χ1n) is 9.21. The Labute approximate surface area is 175 Å². The number of nitrogens with zero attached hydrogens (tertiary/aromatic N) is 1. The first kappa shape index (κ1) is 19.5. The third-order valence-corrected chi connectivity index (χ3v) is 7.00. The molecule has 4 rings (SSSR count). The van der Waals surface area contributed by atoms with Gasteiger partial charge in [0.15, 0.2) is 0 Å². The lowest BCUT2D eigenvalue weighted by atomic mass is 10.0. The molecule has 1 heterocycles. The summed E-state index contributed by atoms with van der Waals surface area (Å²) in [6, 6.07) is 22.1. The van der Waals surface area contributed by atoms with E-state index in [1.54, 1.807) is 30.3 Å². The summed E-state index contributed by atoms with van der Waals surface area (Å²) < 4.78 is 25.7. The Morgan fingerprint density at radius 3 is 2.28 bits per heavy atom. The molecule has 3 aromatic carbocycles. The highest BCUT2D eigenvalue weighted by molar-refractivity contribution is 7.93. The molecule has 0 aromatic heterocycles. The fourth-order valence-electron chi connectivity index (χ4n) is 3.34. The normalized spacial score (nSPS) is 15.3. The highest BCUT2D eigenvalue weighted by Crippen LogP contribution is 2.33. The van der Waals surface area contributed by atoms with Crippen molar-refractivity contribution in [3.63, 3.8) is 0 Å². The van der Waals surface area contributed by atoms with Crippen molar-refractivity contribution >= 4 is 38.9 Å². The molecule has 1 fully saturated rings. The molecular formula is C22H19ClN2O3S. The molecule has 1 N–H and O–H groups in total. The highest BCUT2D eigenvalue weighted by atomic mass is 35.5. The summed E-state index contributed by atoms with van der Waals surface area (Å²) in [6.07, 6.45) is 0.559. The van der Waals surface area contributed by atoms with Gasteiger partial charge < -0.3 is 5.32 Å². The molecule has 0 bridgehead atoms. The number of carbonyl (C=O) groups excluding carboxylic acids is 1. The Balaban J connectivity index is 1.54.